The van der Waals surface area contributed by atoms with E-state index >= 15 is 0 Å². The normalized spacial score (nSPS) is 10.1. The van der Waals surface area contributed by atoms with Crippen molar-refractivity contribution in [2.45, 2.75) is 19.9 Å². The number of nitrogens with zero attached hydrogens (tertiary/aromatic N) is 1. The lowest BCUT2D eigenvalue weighted by Crippen LogP contribution is -2.25. The summed E-state index contributed by atoms with van der Waals surface area (Å²) >= 11 is 0. The van der Waals surface area contributed by atoms with Crippen LogP contribution in [0.1, 0.15) is 17.7 Å². The standard InChI is InChI=1S/C16H19N3O2/c1-12-4-3-8-18-15(12)11-19-16(20)7-9-21-14-6-2-5-13(17)10-14/h2-6,8,10H,7,9,11,17H2,1H3,(H,19,20). The molecule has 0 fully saturated rings. The predicted molar refractivity (Wildman–Crippen MR) is 81.8 cm³/mol. The molecule has 2 aromatic rings. The monoisotopic (exact) mass is 285 g/mol. The predicted octanol–water partition coefficient (Wildman–Crippen LogP) is 2.06. The second kappa shape index (κ2) is 7.28. The zero-order valence-corrected chi connectivity index (χ0v) is 12.0. The molecule has 0 aliphatic heterocycles. The number of rotatable bonds is 6. The number of carbonyl (C=O) groups is 1. The third-order valence-corrected chi connectivity index (χ3v) is 3.03. The van der Waals surface area contributed by atoms with Crippen molar-refractivity contribution in [3.05, 3.63) is 53.9 Å². The summed E-state index contributed by atoms with van der Waals surface area (Å²) in [6.45, 7) is 2.72. The lowest BCUT2D eigenvalue weighted by molar-refractivity contribution is -0.121. The van der Waals surface area contributed by atoms with E-state index in [0.29, 0.717) is 31.0 Å². The van der Waals surface area contributed by atoms with Gasteiger partial charge in [-0.05, 0) is 30.7 Å². The number of amides is 1. The average molecular weight is 285 g/mol. The molecule has 0 atom stereocenters. The van der Waals surface area contributed by atoms with Gasteiger partial charge in [-0.15, -0.1) is 0 Å². The minimum atomic E-state index is -0.0658. The molecule has 21 heavy (non-hydrogen) atoms. The quantitative estimate of drug-likeness (QED) is 0.796. The van der Waals surface area contributed by atoms with E-state index < -0.39 is 0 Å². The van der Waals surface area contributed by atoms with Crippen molar-refractivity contribution in [3.63, 3.8) is 0 Å². The molecule has 1 amide bonds. The van der Waals surface area contributed by atoms with Crippen molar-refractivity contribution < 1.29 is 9.53 Å². The first-order valence-electron chi connectivity index (χ1n) is 6.80. The largest absolute Gasteiger partial charge is 0.493 e. The van der Waals surface area contributed by atoms with E-state index in [4.69, 9.17) is 10.5 Å². The van der Waals surface area contributed by atoms with Gasteiger partial charge >= 0.3 is 0 Å². The number of carbonyl (C=O) groups excluding carboxylic acids is 1. The van der Waals surface area contributed by atoms with Gasteiger partial charge in [0.25, 0.3) is 0 Å². The third kappa shape index (κ3) is 4.80. The minimum Gasteiger partial charge on any atom is -0.493 e. The summed E-state index contributed by atoms with van der Waals surface area (Å²) in [5.74, 6) is 0.604. The maximum absolute atomic E-state index is 11.7. The van der Waals surface area contributed by atoms with Crippen molar-refractivity contribution in [3.8, 4) is 5.75 Å². The summed E-state index contributed by atoms with van der Waals surface area (Å²) in [6, 6.07) is 11.0. The Hall–Kier alpha value is -2.56. The van der Waals surface area contributed by atoms with E-state index in [1.807, 2.05) is 31.2 Å². The molecule has 3 N–H and O–H groups in total. The maximum atomic E-state index is 11.7. The van der Waals surface area contributed by atoms with Gasteiger partial charge < -0.3 is 15.8 Å². The molecule has 0 saturated carbocycles. The molecule has 5 nitrogen and oxygen atoms in total. The zero-order valence-electron chi connectivity index (χ0n) is 12.0. The number of hydrogen-bond acceptors (Lipinski definition) is 4. The summed E-state index contributed by atoms with van der Waals surface area (Å²) in [4.78, 5) is 16.0. The van der Waals surface area contributed by atoms with Crippen LogP contribution in [0.5, 0.6) is 5.75 Å². The van der Waals surface area contributed by atoms with Crippen LogP contribution in [0.4, 0.5) is 5.69 Å². The number of aryl methyl sites for hydroxylation is 1. The van der Waals surface area contributed by atoms with E-state index in [1.54, 1.807) is 18.3 Å². The first kappa shape index (κ1) is 14.8. The molecular formula is C16H19N3O2. The molecule has 2 rings (SSSR count). The second-order valence-corrected chi connectivity index (χ2v) is 4.71. The van der Waals surface area contributed by atoms with Crippen LogP contribution in [0.2, 0.25) is 0 Å². The number of nitrogens with two attached hydrogens (primary N) is 1. The van der Waals surface area contributed by atoms with Crippen LogP contribution in [0.25, 0.3) is 0 Å². The summed E-state index contributed by atoms with van der Waals surface area (Å²) in [5.41, 5.74) is 8.23. The summed E-state index contributed by atoms with van der Waals surface area (Å²) in [7, 11) is 0. The Morgan fingerprint density at radius 3 is 2.95 bits per heavy atom. The van der Waals surface area contributed by atoms with Gasteiger partial charge in [-0.25, -0.2) is 0 Å². The second-order valence-electron chi connectivity index (χ2n) is 4.71. The fourth-order valence-electron chi connectivity index (χ4n) is 1.84. The molecule has 110 valence electrons. The van der Waals surface area contributed by atoms with E-state index in [-0.39, 0.29) is 5.91 Å². The van der Waals surface area contributed by atoms with E-state index in [2.05, 4.69) is 10.3 Å². The van der Waals surface area contributed by atoms with E-state index in [9.17, 15) is 4.79 Å². The molecule has 0 aliphatic carbocycles. The fraction of sp³-hybridized carbons (Fsp3) is 0.250. The minimum absolute atomic E-state index is 0.0658. The van der Waals surface area contributed by atoms with Crippen molar-refractivity contribution in [1.82, 2.24) is 10.3 Å². The van der Waals surface area contributed by atoms with E-state index in [0.717, 1.165) is 11.3 Å². The van der Waals surface area contributed by atoms with Gasteiger partial charge in [0.05, 0.1) is 25.3 Å². The van der Waals surface area contributed by atoms with Gasteiger partial charge in [-0.3, -0.25) is 9.78 Å². The van der Waals surface area contributed by atoms with Gasteiger partial charge in [0, 0.05) is 18.0 Å². The SMILES string of the molecule is Cc1cccnc1CNC(=O)CCOc1cccc(N)c1. The number of hydrogen-bond donors (Lipinski definition) is 2. The molecule has 0 saturated heterocycles. The molecule has 1 heterocycles. The Morgan fingerprint density at radius 1 is 1.33 bits per heavy atom. The lowest BCUT2D eigenvalue weighted by atomic mass is 10.2. The Labute approximate surface area is 124 Å². The summed E-state index contributed by atoms with van der Waals surface area (Å²) < 4.78 is 5.48. The number of ether oxygens (including phenoxy) is 1. The first-order chi connectivity index (χ1) is 10.1. The van der Waals surface area contributed by atoms with Crippen molar-refractivity contribution in [2.75, 3.05) is 12.3 Å². The Balaban J connectivity index is 1.72. The maximum Gasteiger partial charge on any atom is 0.223 e. The number of nitrogen functional groups attached to an aromatic ring is 1. The van der Waals surface area contributed by atoms with Crippen molar-refractivity contribution in [2.24, 2.45) is 0 Å². The lowest BCUT2D eigenvalue weighted by Gasteiger charge is -2.08. The van der Waals surface area contributed by atoms with Crippen LogP contribution >= 0.6 is 0 Å². The van der Waals surface area contributed by atoms with Crippen LogP contribution in [0.15, 0.2) is 42.6 Å². The number of anilines is 1. The molecule has 0 unspecified atom stereocenters. The molecule has 0 spiro atoms. The Morgan fingerprint density at radius 2 is 2.19 bits per heavy atom. The highest BCUT2D eigenvalue weighted by molar-refractivity contribution is 5.75. The first-order valence-corrected chi connectivity index (χ1v) is 6.80. The van der Waals surface area contributed by atoms with Gasteiger partial charge in [0.15, 0.2) is 0 Å². The number of aromatic nitrogens is 1. The van der Waals surface area contributed by atoms with Gasteiger partial charge in [0.1, 0.15) is 5.75 Å². The van der Waals surface area contributed by atoms with Crippen LogP contribution in [0.3, 0.4) is 0 Å². The Bertz CT molecular complexity index is 614. The van der Waals surface area contributed by atoms with Crippen LogP contribution in [-0.4, -0.2) is 17.5 Å². The van der Waals surface area contributed by atoms with Gasteiger partial charge in [-0.2, -0.15) is 0 Å². The highest BCUT2D eigenvalue weighted by Crippen LogP contribution is 2.14. The molecule has 1 aromatic carbocycles. The highest BCUT2D eigenvalue weighted by Gasteiger charge is 2.04. The number of pyridine rings is 1. The molecule has 1 aromatic heterocycles. The number of nitrogens with one attached hydrogen (secondary N) is 1. The van der Waals surface area contributed by atoms with Gasteiger partial charge in [0.2, 0.25) is 5.91 Å². The van der Waals surface area contributed by atoms with E-state index in [1.165, 1.54) is 0 Å². The fourth-order valence-corrected chi connectivity index (χ4v) is 1.84. The van der Waals surface area contributed by atoms with Crippen molar-refractivity contribution >= 4 is 11.6 Å². The molecule has 5 heteroatoms. The molecule has 0 aliphatic rings. The number of benzene rings is 1. The van der Waals surface area contributed by atoms with Crippen molar-refractivity contribution in [1.29, 1.82) is 0 Å². The molecule has 0 radical (unpaired) electrons. The van der Waals surface area contributed by atoms with Crippen LogP contribution in [-0.2, 0) is 11.3 Å². The molecule has 0 bridgehead atoms. The van der Waals surface area contributed by atoms with Gasteiger partial charge in [-0.1, -0.05) is 12.1 Å². The smallest absolute Gasteiger partial charge is 0.223 e. The third-order valence-electron chi connectivity index (χ3n) is 3.03. The highest BCUT2D eigenvalue weighted by atomic mass is 16.5. The summed E-state index contributed by atoms with van der Waals surface area (Å²) in [6.07, 6.45) is 2.01. The van der Waals surface area contributed by atoms with Crippen LogP contribution < -0.4 is 15.8 Å². The van der Waals surface area contributed by atoms with Crippen LogP contribution in [0, 0.1) is 6.92 Å². The zero-order chi connectivity index (χ0) is 15.1. The topological polar surface area (TPSA) is 77.2 Å². The molecular weight excluding hydrogens is 266 g/mol. The Kier molecular flexibility index (Phi) is 5.15. The average Bonchev–Trinajstić information content (AvgIpc) is 2.46. The summed E-state index contributed by atoms with van der Waals surface area (Å²) in [5, 5.41) is 2.83.